The standard InChI is InChI=1S/C13H9N3O3S/c17-13-10-6-11(16(18)19)20-12(10)14-8-15(13)7-9-4-2-1-3-5-9/h1-6,8H,7H2. The fraction of sp³-hybridized carbons (Fsp3) is 0.0769. The number of thiophene rings is 1. The van der Waals surface area contributed by atoms with E-state index in [0.717, 1.165) is 16.9 Å². The molecule has 0 fully saturated rings. The van der Waals surface area contributed by atoms with E-state index in [9.17, 15) is 14.9 Å². The molecule has 6 nitrogen and oxygen atoms in total. The number of nitro groups is 1. The number of hydrogen-bond donors (Lipinski definition) is 0. The summed E-state index contributed by atoms with van der Waals surface area (Å²) in [6, 6.07) is 10.8. The highest BCUT2D eigenvalue weighted by molar-refractivity contribution is 7.21. The molecule has 0 N–H and O–H groups in total. The van der Waals surface area contributed by atoms with Crippen molar-refractivity contribution in [2.75, 3.05) is 0 Å². The molecule has 0 aliphatic rings. The molecular formula is C13H9N3O3S. The van der Waals surface area contributed by atoms with E-state index in [4.69, 9.17) is 0 Å². The third kappa shape index (κ3) is 2.19. The highest BCUT2D eigenvalue weighted by Gasteiger charge is 2.15. The second-order valence-corrected chi connectivity index (χ2v) is 5.23. The van der Waals surface area contributed by atoms with Crippen molar-refractivity contribution in [1.82, 2.24) is 9.55 Å². The first kappa shape index (κ1) is 12.5. The van der Waals surface area contributed by atoms with Crippen molar-refractivity contribution in [2.45, 2.75) is 6.54 Å². The summed E-state index contributed by atoms with van der Waals surface area (Å²) in [5, 5.41) is 11.0. The van der Waals surface area contributed by atoms with Crippen LogP contribution >= 0.6 is 11.3 Å². The molecule has 2 aromatic heterocycles. The predicted octanol–water partition coefficient (Wildman–Crippen LogP) is 2.41. The van der Waals surface area contributed by atoms with Gasteiger partial charge in [-0.05, 0) is 16.9 Å². The number of benzene rings is 1. The van der Waals surface area contributed by atoms with Gasteiger partial charge in [-0.25, -0.2) is 4.98 Å². The topological polar surface area (TPSA) is 78.0 Å². The van der Waals surface area contributed by atoms with E-state index >= 15 is 0 Å². The summed E-state index contributed by atoms with van der Waals surface area (Å²) in [5.74, 6) is 0. The molecule has 3 aromatic rings. The van der Waals surface area contributed by atoms with Crippen LogP contribution in [0.5, 0.6) is 0 Å². The van der Waals surface area contributed by atoms with E-state index in [1.807, 2.05) is 30.3 Å². The van der Waals surface area contributed by atoms with E-state index < -0.39 is 4.92 Å². The average molecular weight is 287 g/mol. The van der Waals surface area contributed by atoms with Gasteiger partial charge in [-0.2, -0.15) is 0 Å². The maximum Gasteiger partial charge on any atom is 0.326 e. The smallest absolute Gasteiger partial charge is 0.294 e. The van der Waals surface area contributed by atoms with Crippen LogP contribution in [0, 0.1) is 10.1 Å². The molecule has 100 valence electrons. The van der Waals surface area contributed by atoms with Crippen LogP contribution < -0.4 is 5.56 Å². The number of fused-ring (bicyclic) bond motifs is 1. The van der Waals surface area contributed by atoms with Gasteiger partial charge >= 0.3 is 5.00 Å². The van der Waals surface area contributed by atoms with Crippen LogP contribution in [0.15, 0.2) is 47.5 Å². The Morgan fingerprint density at radius 2 is 2.05 bits per heavy atom. The van der Waals surface area contributed by atoms with Crippen molar-refractivity contribution in [2.24, 2.45) is 0 Å². The third-order valence-corrected chi connectivity index (χ3v) is 3.88. The zero-order chi connectivity index (χ0) is 14.1. The lowest BCUT2D eigenvalue weighted by molar-refractivity contribution is -0.380. The summed E-state index contributed by atoms with van der Waals surface area (Å²) in [5.41, 5.74) is 0.712. The quantitative estimate of drug-likeness (QED) is 0.547. The minimum absolute atomic E-state index is 0.0675. The van der Waals surface area contributed by atoms with Crippen LogP contribution in [-0.4, -0.2) is 14.5 Å². The Labute approximate surface area is 117 Å². The fourth-order valence-electron chi connectivity index (χ4n) is 1.93. The summed E-state index contributed by atoms with van der Waals surface area (Å²) in [4.78, 5) is 27.0. The number of aromatic nitrogens is 2. The molecule has 20 heavy (non-hydrogen) atoms. The molecule has 1 aromatic carbocycles. The largest absolute Gasteiger partial charge is 0.326 e. The number of rotatable bonds is 3. The monoisotopic (exact) mass is 287 g/mol. The van der Waals surface area contributed by atoms with Gasteiger partial charge in [0.2, 0.25) is 0 Å². The molecule has 0 amide bonds. The molecule has 0 bridgehead atoms. The van der Waals surface area contributed by atoms with Crippen LogP contribution in [0.1, 0.15) is 5.56 Å². The van der Waals surface area contributed by atoms with Crippen molar-refractivity contribution >= 4 is 26.6 Å². The average Bonchev–Trinajstić information content (AvgIpc) is 2.88. The van der Waals surface area contributed by atoms with Crippen LogP contribution in [0.25, 0.3) is 10.2 Å². The Bertz CT molecular complexity index is 839. The normalized spacial score (nSPS) is 10.8. The van der Waals surface area contributed by atoms with Gasteiger partial charge in [0.05, 0.1) is 23.2 Å². The van der Waals surface area contributed by atoms with Crippen LogP contribution in [0.4, 0.5) is 5.00 Å². The molecule has 0 aliphatic carbocycles. The molecule has 2 heterocycles. The van der Waals surface area contributed by atoms with Crippen molar-refractivity contribution in [3.8, 4) is 0 Å². The zero-order valence-corrected chi connectivity index (χ0v) is 11.0. The van der Waals surface area contributed by atoms with Crippen molar-refractivity contribution in [1.29, 1.82) is 0 Å². The van der Waals surface area contributed by atoms with Gasteiger partial charge < -0.3 is 0 Å². The number of nitrogens with zero attached hydrogens (tertiary/aromatic N) is 3. The van der Waals surface area contributed by atoms with Gasteiger partial charge in [0, 0.05) is 6.07 Å². The van der Waals surface area contributed by atoms with Gasteiger partial charge in [-0.3, -0.25) is 19.5 Å². The Morgan fingerprint density at radius 3 is 2.75 bits per heavy atom. The van der Waals surface area contributed by atoms with Crippen molar-refractivity contribution in [3.05, 3.63) is 68.8 Å². The van der Waals surface area contributed by atoms with E-state index in [0.29, 0.717) is 16.8 Å². The first-order valence-corrected chi connectivity index (χ1v) is 6.64. The molecule has 0 unspecified atom stereocenters. The van der Waals surface area contributed by atoms with Gasteiger partial charge in [0.25, 0.3) is 5.56 Å². The predicted molar refractivity (Wildman–Crippen MR) is 76.1 cm³/mol. The van der Waals surface area contributed by atoms with Crippen LogP contribution in [0.3, 0.4) is 0 Å². The Hall–Kier alpha value is -2.54. The Morgan fingerprint density at radius 1 is 1.30 bits per heavy atom. The van der Waals surface area contributed by atoms with E-state index in [1.165, 1.54) is 17.0 Å². The van der Waals surface area contributed by atoms with E-state index in [-0.39, 0.29) is 10.6 Å². The third-order valence-electron chi connectivity index (χ3n) is 2.88. The highest BCUT2D eigenvalue weighted by atomic mass is 32.1. The first-order valence-electron chi connectivity index (χ1n) is 5.82. The molecular weight excluding hydrogens is 278 g/mol. The molecule has 7 heteroatoms. The minimum Gasteiger partial charge on any atom is -0.294 e. The summed E-state index contributed by atoms with van der Waals surface area (Å²) in [6.07, 6.45) is 1.43. The maximum absolute atomic E-state index is 12.3. The SMILES string of the molecule is O=c1c2cc([N+](=O)[O-])sc2ncn1Cc1ccccc1. The fourth-order valence-corrected chi connectivity index (χ4v) is 2.74. The van der Waals surface area contributed by atoms with Gasteiger partial charge in [-0.1, -0.05) is 30.3 Å². The number of hydrogen-bond acceptors (Lipinski definition) is 5. The maximum atomic E-state index is 12.3. The second kappa shape index (κ2) is 4.86. The minimum atomic E-state index is -0.507. The summed E-state index contributed by atoms with van der Waals surface area (Å²) in [7, 11) is 0. The van der Waals surface area contributed by atoms with Gasteiger partial charge in [0.15, 0.2) is 0 Å². The highest BCUT2D eigenvalue weighted by Crippen LogP contribution is 2.27. The molecule has 0 aliphatic heterocycles. The van der Waals surface area contributed by atoms with Crippen LogP contribution in [0.2, 0.25) is 0 Å². The Balaban J connectivity index is 2.07. The lowest BCUT2D eigenvalue weighted by Crippen LogP contribution is -2.20. The lowest BCUT2D eigenvalue weighted by Gasteiger charge is -2.04. The second-order valence-electron chi connectivity index (χ2n) is 4.22. The van der Waals surface area contributed by atoms with E-state index in [1.54, 1.807) is 0 Å². The van der Waals surface area contributed by atoms with E-state index in [2.05, 4.69) is 4.98 Å². The molecule has 3 rings (SSSR count). The zero-order valence-electron chi connectivity index (χ0n) is 10.2. The molecule has 0 saturated heterocycles. The molecule has 0 spiro atoms. The molecule has 0 atom stereocenters. The van der Waals surface area contributed by atoms with Crippen LogP contribution in [-0.2, 0) is 6.54 Å². The van der Waals surface area contributed by atoms with Gasteiger partial charge in [-0.15, -0.1) is 0 Å². The lowest BCUT2D eigenvalue weighted by atomic mass is 10.2. The summed E-state index contributed by atoms with van der Waals surface area (Å²) < 4.78 is 1.45. The first-order chi connectivity index (χ1) is 9.65. The Kier molecular flexibility index (Phi) is 3.03. The summed E-state index contributed by atoms with van der Waals surface area (Å²) >= 11 is 0.911. The van der Waals surface area contributed by atoms with Gasteiger partial charge in [0.1, 0.15) is 4.83 Å². The molecule has 0 saturated carbocycles. The summed E-state index contributed by atoms with van der Waals surface area (Å²) in [6.45, 7) is 0.395. The van der Waals surface area contributed by atoms with Crippen molar-refractivity contribution in [3.63, 3.8) is 0 Å². The van der Waals surface area contributed by atoms with Crippen molar-refractivity contribution < 1.29 is 4.92 Å². The molecule has 0 radical (unpaired) electrons.